The van der Waals surface area contributed by atoms with Crippen LogP contribution in [0.25, 0.3) is 0 Å². The Bertz CT molecular complexity index is 1140. The fourth-order valence-electron chi connectivity index (χ4n) is 3.88. The van der Waals surface area contributed by atoms with E-state index in [2.05, 4.69) is 5.32 Å². The minimum absolute atomic E-state index is 0.00704. The van der Waals surface area contributed by atoms with Crippen molar-refractivity contribution < 1.29 is 18.7 Å². The Balaban J connectivity index is 1.86. The molecule has 0 fully saturated rings. The van der Waals surface area contributed by atoms with Crippen molar-refractivity contribution in [1.29, 1.82) is 0 Å². The van der Waals surface area contributed by atoms with Crippen LogP contribution in [0, 0.1) is 5.82 Å². The maximum absolute atomic E-state index is 13.7. The molecule has 3 aromatic rings. The van der Waals surface area contributed by atoms with Crippen molar-refractivity contribution in [3.8, 4) is 5.75 Å². The van der Waals surface area contributed by atoms with E-state index in [1.807, 2.05) is 68.4 Å². The molecule has 0 radical (unpaired) electrons. The van der Waals surface area contributed by atoms with Crippen LogP contribution < -0.4 is 10.1 Å². The van der Waals surface area contributed by atoms with Gasteiger partial charge in [0.15, 0.2) is 0 Å². The van der Waals surface area contributed by atoms with E-state index < -0.39 is 6.04 Å². The Kier molecular flexibility index (Phi) is 11.0. The minimum atomic E-state index is -0.679. The third-order valence-corrected chi connectivity index (χ3v) is 7.16. The number of thioether (sulfide) groups is 1. The number of methoxy groups -OCH3 is 1. The van der Waals surface area contributed by atoms with Crippen molar-refractivity contribution in [2.24, 2.45) is 0 Å². The van der Waals surface area contributed by atoms with Crippen LogP contribution in [0.1, 0.15) is 37.0 Å². The Labute approximate surface area is 223 Å². The highest BCUT2D eigenvalue weighted by atomic mass is 32.2. The number of amides is 2. The van der Waals surface area contributed by atoms with Crippen molar-refractivity contribution in [1.82, 2.24) is 10.2 Å². The summed E-state index contributed by atoms with van der Waals surface area (Å²) in [5.74, 6) is 0.878. The molecule has 2 atom stereocenters. The molecule has 196 valence electrons. The Hall–Kier alpha value is -3.32. The number of nitrogens with zero attached hydrogens (tertiary/aromatic N) is 1. The van der Waals surface area contributed by atoms with E-state index in [0.717, 1.165) is 23.1 Å². The second-order valence-corrected chi connectivity index (χ2v) is 10.0. The monoisotopic (exact) mass is 522 g/mol. The van der Waals surface area contributed by atoms with Gasteiger partial charge in [-0.25, -0.2) is 4.39 Å². The molecule has 2 amide bonds. The molecule has 2 unspecified atom stereocenters. The highest BCUT2D eigenvalue weighted by Gasteiger charge is 2.31. The molecule has 0 aliphatic carbocycles. The average molecular weight is 523 g/mol. The summed E-state index contributed by atoms with van der Waals surface area (Å²) in [5, 5.41) is 3.08. The summed E-state index contributed by atoms with van der Waals surface area (Å²) < 4.78 is 18.6. The van der Waals surface area contributed by atoms with Crippen molar-refractivity contribution in [2.75, 3.05) is 12.9 Å². The highest BCUT2D eigenvalue weighted by Crippen LogP contribution is 2.21. The molecule has 5 nitrogen and oxygen atoms in total. The van der Waals surface area contributed by atoms with E-state index in [4.69, 9.17) is 4.74 Å². The second kappa shape index (κ2) is 14.4. The molecule has 0 aromatic heterocycles. The predicted molar refractivity (Wildman–Crippen MR) is 148 cm³/mol. The lowest BCUT2D eigenvalue weighted by Gasteiger charge is -2.32. The van der Waals surface area contributed by atoms with Crippen LogP contribution >= 0.6 is 11.8 Å². The van der Waals surface area contributed by atoms with E-state index in [1.165, 1.54) is 23.9 Å². The first-order valence-electron chi connectivity index (χ1n) is 12.5. The van der Waals surface area contributed by atoms with Gasteiger partial charge in [-0.3, -0.25) is 9.59 Å². The summed E-state index contributed by atoms with van der Waals surface area (Å²) in [5.41, 5.74) is 2.80. The van der Waals surface area contributed by atoms with Gasteiger partial charge < -0.3 is 15.0 Å². The maximum atomic E-state index is 13.7. The number of halogens is 1. The van der Waals surface area contributed by atoms with E-state index in [1.54, 1.807) is 24.1 Å². The summed E-state index contributed by atoms with van der Waals surface area (Å²) in [6.45, 7) is 4.26. The van der Waals surface area contributed by atoms with Crippen LogP contribution in [0.5, 0.6) is 5.75 Å². The molecule has 0 bridgehead atoms. The van der Waals surface area contributed by atoms with E-state index in [0.29, 0.717) is 17.9 Å². The molecule has 0 spiro atoms. The van der Waals surface area contributed by atoms with Crippen molar-refractivity contribution >= 4 is 23.6 Å². The van der Waals surface area contributed by atoms with Gasteiger partial charge in [0.2, 0.25) is 11.8 Å². The molecule has 37 heavy (non-hydrogen) atoms. The van der Waals surface area contributed by atoms with Crippen LogP contribution in [-0.2, 0) is 28.3 Å². The Morgan fingerprint density at radius 1 is 0.973 bits per heavy atom. The van der Waals surface area contributed by atoms with Crippen LogP contribution in [0.4, 0.5) is 4.39 Å². The molecule has 3 rings (SSSR count). The lowest BCUT2D eigenvalue weighted by Crippen LogP contribution is -2.52. The summed E-state index contributed by atoms with van der Waals surface area (Å²) in [4.78, 5) is 28.9. The molecule has 3 aromatic carbocycles. The zero-order valence-corrected chi connectivity index (χ0v) is 22.5. The topological polar surface area (TPSA) is 58.6 Å². The number of carbonyl (C=O) groups is 2. The van der Waals surface area contributed by atoms with E-state index in [-0.39, 0.29) is 36.0 Å². The van der Waals surface area contributed by atoms with Crippen LogP contribution in [0.3, 0.4) is 0 Å². The lowest BCUT2D eigenvalue weighted by molar-refractivity contribution is -0.139. The number of ether oxygens (including phenoxy) is 1. The van der Waals surface area contributed by atoms with E-state index >= 15 is 0 Å². The van der Waals surface area contributed by atoms with Gasteiger partial charge in [0.1, 0.15) is 17.6 Å². The van der Waals surface area contributed by atoms with Crippen molar-refractivity contribution in [2.45, 2.75) is 51.1 Å². The number of carbonyl (C=O) groups excluding carboxylic acids is 2. The molecule has 0 saturated carbocycles. The Morgan fingerprint density at radius 3 is 2.35 bits per heavy atom. The van der Waals surface area contributed by atoms with Gasteiger partial charge in [0, 0.05) is 24.8 Å². The zero-order valence-electron chi connectivity index (χ0n) is 21.7. The molecule has 1 N–H and O–H groups in total. The smallest absolute Gasteiger partial charge is 0.243 e. The van der Waals surface area contributed by atoms with Gasteiger partial charge in [0.05, 0.1) is 12.9 Å². The highest BCUT2D eigenvalue weighted by molar-refractivity contribution is 7.99. The Morgan fingerprint density at radius 2 is 1.68 bits per heavy atom. The van der Waals surface area contributed by atoms with E-state index in [9.17, 15) is 14.0 Å². The molecule has 0 aliphatic heterocycles. The summed E-state index contributed by atoms with van der Waals surface area (Å²) in [7, 11) is 1.60. The molecule has 0 aliphatic rings. The number of benzene rings is 3. The third kappa shape index (κ3) is 8.93. The van der Waals surface area contributed by atoms with Gasteiger partial charge in [-0.1, -0.05) is 61.5 Å². The van der Waals surface area contributed by atoms with Gasteiger partial charge in [-0.2, -0.15) is 0 Å². The number of hydrogen-bond donors (Lipinski definition) is 1. The average Bonchev–Trinajstić information content (AvgIpc) is 2.92. The van der Waals surface area contributed by atoms with Crippen LogP contribution in [-0.4, -0.2) is 41.7 Å². The van der Waals surface area contributed by atoms with Crippen LogP contribution in [0.15, 0.2) is 78.9 Å². The maximum Gasteiger partial charge on any atom is 0.243 e. The quantitative estimate of drug-likeness (QED) is 0.317. The standard InChI is InChI=1S/C30H35FN2O3S/c1-4-22(2)32-30(35)28(18-23-9-6-5-7-10-23)33(19-25-11-8-12-27(17-25)36-3)29(34)21-37-20-24-13-15-26(31)16-14-24/h5-17,22,28H,4,18-21H2,1-3H3,(H,32,35). The molecule has 7 heteroatoms. The fraction of sp³-hybridized carbons (Fsp3) is 0.333. The first kappa shape index (κ1) is 28.3. The van der Waals surface area contributed by atoms with Crippen molar-refractivity contribution in [3.05, 3.63) is 101 Å². The SMILES string of the molecule is CCC(C)NC(=O)C(Cc1ccccc1)N(Cc1cccc(OC)c1)C(=O)CSCc1ccc(F)cc1. The number of nitrogens with one attached hydrogen (secondary N) is 1. The molecular formula is C30H35FN2O3S. The molecular weight excluding hydrogens is 487 g/mol. The first-order valence-corrected chi connectivity index (χ1v) is 13.6. The number of hydrogen-bond acceptors (Lipinski definition) is 4. The molecule has 0 heterocycles. The summed E-state index contributed by atoms with van der Waals surface area (Å²) in [6.07, 6.45) is 1.20. The predicted octanol–water partition coefficient (Wildman–Crippen LogP) is 5.62. The lowest BCUT2D eigenvalue weighted by atomic mass is 10.0. The van der Waals surface area contributed by atoms with Gasteiger partial charge >= 0.3 is 0 Å². The van der Waals surface area contributed by atoms with Crippen LogP contribution in [0.2, 0.25) is 0 Å². The zero-order chi connectivity index (χ0) is 26.6. The largest absolute Gasteiger partial charge is 0.497 e. The van der Waals surface area contributed by atoms with Gasteiger partial charge in [0.25, 0.3) is 0 Å². The summed E-state index contributed by atoms with van der Waals surface area (Å²) >= 11 is 1.45. The fourth-order valence-corrected chi connectivity index (χ4v) is 4.75. The van der Waals surface area contributed by atoms with Crippen molar-refractivity contribution in [3.63, 3.8) is 0 Å². The third-order valence-electron chi connectivity index (χ3n) is 6.17. The minimum Gasteiger partial charge on any atom is -0.497 e. The molecule has 0 saturated heterocycles. The summed E-state index contributed by atoms with van der Waals surface area (Å²) in [6, 6.07) is 22.9. The first-order chi connectivity index (χ1) is 17.9. The van der Waals surface area contributed by atoms with Gasteiger partial charge in [-0.05, 0) is 54.3 Å². The van der Waals surface area contributed by atoms with Gasteiger partial charge in [-0.15, -0.1) is 11.8 Å². The number of rotatable bonds is 13. The normalized spacial score (nSPS) is 12.4. The second-order valence-electron chi connectivity index (χ2n) is 9.02.